The van der Waals surface area contributed by atoms with Crippen LogP contribution in [0.3, 0.4) is 0 Å². The Hall–Kier alpha value is -1.22. The lowest BCUT2D eigenvalue weighted by Crippen LogP contribution is -2.25. The van der Waals surface area contributed by atoms with Crippen molar-refractivity contribution in [1.29, 1.82) is 0 Å². The van der Waals surface area contributed by atoms with Gasteiger partial charge in [-0.2, -0.15) is 0 Å². The average Bonchev–Trinajstić information content (AvgIpc) is 2.47. The van der Waals surface area contributed by atoms with Crippen molar-refractivity contribution in [1.82, 2.24) is 5.32 Å². The highest BCUT2D eigenvalue weighted by Crippen LogP contribution is 2.32. The molecular formula is C20H32ClNO2. The van der Waals surface area contributed by atoms with Crippen LogP contribution in [-0.4, -0.2) is 24.9 Å². The molecule has 0 unspecified atom stereocenters. The van der Waals surface area contributed by atoms with Gasteiger partial charge in [-0.3, -0.25) is 4.79 Å². The Morgan fingerprint density at radius 2 is 1.58 bits per heavy atom. The van der Waals surface area contributed by atoms with Gasteiger partial charge < -0.3 is 10.1 Å². The lowest BCUT2D eigenvalue weighted by Gasteiger charge is -2.26. The van der Waals surface area contributed by atoms with E-state index in [1.807, 2.05) is 0 Å². The number of halogens is 1. The van der Waals surface area contributed by atoms with Crippen molar-refractivity contribution in [2.45, 2.75) is 65.2 Å². The zero-order valence-corrected chi connectivity index (χ0v) is 16.7. The third-order valence-corrected chi connectivity index (χ3v) is 4.06. The predicted molar refractivity (Wildman–Crippen MR) is 102 cm³/mol. The lowest BCUT2D eigenvalue weighted by molar-refractivity contribution is -0.121. The fraction of sp³-hybridized carbons (Fsp3) is 0.650. The van der Waals surface area contributed by atoms with Gasteiger partial charge in [0.05, 0.1) is 6.61 Å². The molecule has 0 bridgehead atoms. The van der Waals surface area contributed by atoms with E-state index >= 15 is 0 Å². The highest BCUT2D eigenvalue weighted by Gasteiger charge is 2.20. The molecule has 0 saturated heterocycles. The number of rotatable bonds is 7. The molecule has 1 rings (SSSR count). The van der Waals surface area contributed by atoms with E-state index in [2.05, 4.69) is 65.1 Å². The van der Waals surface area contributed by atoms with Crippen LogP contribution in [0.1, 0.15) is 65.5 Å². The molecule has 1 aromatic rings. The minimum atomic E-state index is 0.0260. The summed E-state index contributed by atoms with van der Waals surface area (Å²) in [6.45, 7) is 14.3. The quantitative estimate of drug-likeness (QED) is 0.565. The van der Waals surface area contributed by atoms with Gasteiger partial charge in [-0.25, -0.2) is 0 Å². The Kier molecular flexibility index (Phi) is 7.59. The van der Waals surface area contributed by atoms with Gasteiger partial charge in [-0.1, -0.05) is 47.6 Å². The summed E-state index contributed by atoms with van der Waals surface area (Å²) in [4.78, 5) is 11.6. The van der Waals surface area contributed by atoms with Crippen LogP contribution in [0.15, 0.2) is 18.2 Å². The number of amides is 1. The molecule has 1 N–H and O–H groups in total. The Balaban J connectivity index is 2.72. The second kappa shape index (κ2) is 8.75. The summed E-state index contributed by atoms with van der Waals surface area (Å²) >= 11 is 5.55. The van der Waals surface area contributed by atoms with Crippen LogP contribution in [0.25, 0.3) is 0 Å². The number of hydrogen-bond acceptors (Lipinski definition) is 2. The van der Waals surface area contributed by atoms with Crippen LogP contribution >= 0.6 is 11.6 Å². The summed E-state index contributed by atoms with van der Waals surface area (Å²) < 4.78 is 5.93. The van der Waals surface area contributed by atoms with Crippen LogP contribution in [0.2, 0.25) is 0 Å². The van der Waals surface area contributed by atoms with E-state index in [1.165, 1.54) is 11.1 Å². The van der Waals surface area contributed by atoms with Crippen molar-refractivity contribution >= 4 is 17.5 Å². The third kappa shape index (κ3) is 7.12. The van der Waals surface area contributed by atoms with E-state index in [4.69, 9.17) is 16.3 Å². The maximum atomic E-state index is 11.6. The molecule has 24 heavy (non-hydrogen) atoms. The topological polar surface area (TPSA) is 38.3 Å². The average molecular weight is 354 g/mol. The Morgan fingerprint density at radius 1 is 1.04 bits per heavy atom. The predicted octanol–water partition coefficient (Wildman–Crippen LogP) is 4.80. The van der Waals surface area contributed by atoms with E-state index in [0.717, 1.165) is 5.75 Å². The van der Waals surface area contributed by atoms with Crippen molar-refractivity contribution in [2.75, 3.05) is 19.0 Å². The molecule has 136 valence electrons. The number of ether oxygens (including phenoxy) is 1. The van der Waals surface area contributed by atoms with Gasteiger partial charge in [-0.15, -0.1) is 11.6 Å². The van der Waals surface area contributed by atoms with E-state index in [1.54, 1.807) is 0 Å². The molecule has 4 heteroatoms. The fourth-order valence-corrected chi connectivity index (χ4v) is 2.34. The Bertz CT molecular complexity index is 509. The molecule has 3 nitrogen and oxygen atoms in total. The third-order valence-electron chi connectivity index (χ3n) is 3.87. The van der Waals surface area contributed by atoms with Gasteiger partial charge in [0.15, 0.2) is 0 Å². The van der Waals surface area contributed by atoms with Crippen LogP contribution in [-0.2, 0) is 15.6 Å². The molecule has 1 aromatic carbocycles. The first-order valence-corrected chi connectivity index (χ1v) is 9.19. The maximum Gasteiger partial charge on any atom is 0.220 e. The normalized spacial score (nSPS) is 12.1. The fourth-order valence-electron chi connectivity index (χ4n) is 2.25. The monoisotopic (exact) mass is 353 g/mol. The number of alkyl halides is 1. The van der Waals surface area contributed by atoms with Gasteiger partial charge in [0, 0.05) is 18.8 Å². The van der Waals surface area contributed by atoms with E-state index in [0.29, 0.717) is 31.9 Å². The molecular weight excluding hydrogens is 322 g/mol. The van der Waals surface area contributed by atoms with Crippen molar-refractivity contribution < 1.29 is 9.53 Å². The number of carbonyl (C=O) groups excluding carboxylic acids is 1. The number of nitrogens with one attached hydrogen (secondary N) is 1. The number of benzene rings is 1. The van der Waals surface area contributed by atoms with E-state index < -0.39 is 0 Å². The van der Waals surface area contributed by atoms with Crippen molar-refractivity contribution in [2.24, 2.45) is 0 Å². The first kappa shape index (κ1) is 20.8. The summed E-state index contributed by atoms with van der Waals surface area (Å²) in [7, 11) is 0. The maximum absolute atomic E-state index is 11.6. The minimum absolute atomic E-state index is 0.0260. The molecule has 0 fully saturated rings. The van der Waals surface area contributed by atoms with Gasteiger partial charge >= 0.3 is 0 Å². The van der Waals surface area contributed by atoms with Crippen molar-refractivity contribution in [3.63, 3.8) is 0 Å². The van der Waals surface area contributed by atoms with Crippen molar-refractivity contribution in [3.05, 3.63) is 29.3 Å². The second-order valence-electron chi connectivity index (χ2n) is 8.24. The first-order valence-electron chi connectivity index (χ1n) is 8.65. The van der Waals surface area contributed by atoms with Crippen LogP contribution < -0.4 is 10.1 Å². The molecule has 0 atom stereocenters. The van der Waals surface area contributed by atoms with Crippen LogP contribution in [0, 0.1) is 0 Å². The molecule has 0 aliphatic carbocycles. The Labute approximate surface area is 152 Å². The number of hydrogen-bond donors (Lipinski definition) is 1. The highest BCUT2D eigenvalue weighted by molar-refractivity contribution is 6.18. The van der Waals surface area contributed by atoms with E-state index in [-0.39, 0.29) is 16.7 Å². The molecule has 0 aliphatic rings. The standard InChI is InChI=1S/C20H32ClNO2/c1-19(2,3)15-12-16(20(4,5)6)14-17(13-15)24-11-7-8-18(23)22-10-9-21/h12-14H,7-11H2,1-6H3,(H,22,23). The smallest absolute Gasteiger partial charge is 0.220 e. The first-order chi connectivity index (χ1) is 11.0. The zero-order chi connectivity index (χ0) is 18.4. The van der Waals surface area contributed by atoms with Crippen LogP contribution in [0.4, 0.5) is 0 Å². The highest BCUT2D eigenvalue weighted by atomic mass is 35.5. The summed E-state index contributed by atoms with van der Waals surface area (Å²) in [5, 5.41) is 2.76. The molecule has 0 radical (unpaired) electrons. The van der Waals surface area contributed by atoms with E-state index in [9.17, 15) is 4.79 Å². The summed E-state index contributed by atoms with van der Waals surface area (Å²) in [5.41, 5.74) is 2.68. The van der Waals surface area contributed by atoms with Gasteiger partial charge in [-0.05, 0) is 40.5 Å². The lowest BCUT2D eigenvalue weighted by atomic mass is 9.80. The van der Waals surface area contributed by atoms with Crippen LogP contribution in [0.5, 0.6) is 5.75 Å². The molecule has 1 amide bonds. The van der Waals surface area contributed by atoms with Gasteiger partial charge in [0.25, 0.3) is 0 Å². The molecule has 0 aromatic heterocycles. The SMILES string of the molecule is CC(C)(C)c1cc(OCCCC(=O)NCCCl)cc(C(C)(C)C)c1. The van der Waals surface area contributed by atoms with Crippen molar-refractivity contribution in [3.8, 4) is 5.75 Å². The Morgan fingerprint density at radius 3 is 2.04 bits per heavy atom. The number of carbonyl (C=O) groups is 1. The second-order valence-corrected chi connectivity index (χ2v) is 8.61. The molecule has 0 aliphatic heterocycles. The van der Waals surface area contributed by atoms with Gasteiger partial charge in [0.2, 0.25) is 5.91 Å². The minimum Gasteiger partial charge on any atom is -0.494 e. The van der Waals surface area contributed by atoms with Gasteiger partial charge in [0.1, 0.15) is 5.75 Å². The summed E-state index contributed by atoms with van der Waals surface area (Å²) in [5.74, 6) is 1.35. The summed E-state index contributed by atoms with van der Waals surface area (Å²) in [6, 6.07) is 6.50. The molecule has 0 spiro atoms. The molecule has 0 saturated carbocycles. The summed E-state index contributed by atoms with van der Waals surface area (Å²) in [6.07, 6.45) is 1.15. The largest absolute Gasteiger partial charge is 0.494 e. The zero-order valence-electron chi connectivity index (χ0n) is 16.0. The molecule has 0 heterocycles.